The summed E-state index contributed by atoms with van der Waals surface area (Å²) in [7, 11) is 0. The van der Waals surface area contributed by atoms with Crippen LogP contribution in [-0.4, -0.2) is 53.5 Å². The van der Waals surface area contributed by atoms with Gasteiger partial charge < -0.3 is 0 Å². The second-order valence-corrected chi connectivity index (χ2v) is 6.42. The minimum atomic E-state index is -0.829. The SMILES string of the molecule is C=C[Se]Cc1cn([C@H]2C[C@H](O)[C@@H](CO)O2)c(=O)[nH]c1=O. The van der Waals surface area contributed by atoms with Crippen molar-refractivity contribution < 1.29 is 14.9 Å². The number of nitrogens with zero attached hydrogens (tertiary/aromatic N) is 1. The first-order valence-electron chi connectivity index (χ1n) is 6.08. The summed E-state index contributed by atoms with van der Waals surface area (Å²) in [6, 6.07) is 0. The number of aromatic nitrogens is 2. The Hall–Kier alpha value is -1.18. The van der Waals surface area contributed by atoms with Gasteiger partial charge >= 0.3 is 120 Å². The molecule has 0 aromatic carbocycles. The van der Waals surface area contributed by atoms with Gasteiger partial charge in [-0.05, 0) is 0 Å². The van der Waals surface area contributed by atoms with E-state index in [1.54, 1.807) is 4.97 Å². The molecular weight excluding hydrogens is 331 g/mol. The molecule has 0 unspecified atom stereocenters. The number of aliphatic hydroxyl groups is 2. The molecule has 8 heteroatoms. The summed E-state index contributed by atoms with van der Waals surface area (Å²) in [6.45, 7) is 3.30. The van der Waals surface area contributed by atoms with E-state index < -0.39 is 29.7 Å². The molecule has 1 aliphatic rings. The molecule has 0 spiro atoms. The van der Waals surface area contributed by atoms with E-state index in [-0.39, 0.29) is 28.0 Å². The number of aliphatic hydroxyl groups excluding tert-OH is 2. The standard InChI is InChI=1S/C12H16N2O5Se/c1-2-20-6-7-4-14(12(18)13-11(7)17)10-3-8(16)9(5-15)19-10/h2,4,8-10,15-16H,1,3,5-6H2,(H,13,17,18)/t8-,9+,10+/m0/s1. The first-order valence-corrected chi connectivity index (χ1v) is 8.28. The van der Waals surface area contributed by atoms with Crippen molar-refractivity contribution >= 4 is 15.0 Å². The predicted molar refractivity (Wildman–Crippen MR) is 72.6 cm³/mol. The molecule has 2 rings (SSSR count). The maximum absolute atomic E-state index is 11.8. The molecule has 20 heavy (non-hydrogen) atoms. The van der Waals surface area contributed by atoms with Crippen LogP contribution in [0, 0.1) is 0 Å². The van der Waals surface area contributed by atoms with E-state index in [0.29, 0.717) is 10.9 Å². The van der Waals surface area contributed by atoms with E-state index in [4.69, 9.17) is 9.84 Å². The quantitative estimate of drug-likeness (QED) is 0.564. The number of hydrogen-bond acceptors (Lipinski definition) is 5. The van der Waals surface area contributed by atoms with Crippen molar-refractivity contribution in [3.63, 3.8) is 0 Å². The molecule has 1 saturated heterocycles. The van der Waals surface area contributed by atoms with Crippen LogP contribution >= 0.6 is 0 Å². The zero-order valence-electron chi connectivity index (χ0n) is 10.7. The maximum atomic E-state index is 11.8. The Morgan fingerprint density at radius 3 is 2.95 bits per heavy atom. The van der Waals surface area contributed by atoms with Gasteiger partial charge in [0.1, 0.15) is 0 Å². The number of aromatic amines is 1. The van der Waals surface area contributed by atoms with Gasteiger partial charge in [-0.15, -0.1) is 0 Å². The summed E-state index contributed by atoms with van der Waals surface area (Å²) < 4.78 is 6.67. The molecule has 0 aliphatic carbocycles. The summed E-state index contributed by atoms with van der Waals surface area (Å²) in [6.07, 6.45) is -0.557. The van der Waals surface area contributed by atoms with Crippen molar-refractivity contribution in [1.82, 2.24) is 9.55 Å². The molecule has 0 saturated carbocycles. The van der Waals surface area contributed by atoms with Crippen molar-refractivity contribution in [2.24, 2.45) is 0 Å². The van der Waals surface area contributed by atoms with Crippen molar-refractivity contribution in [2.45, 2.75) is 30.2 Å². The van der Waals surface area contributed by atoms with Gasteiger partial charge in [-0.2, -0.15) is 0 Å². The fourth-order valence-corrected chi connectivity index (χ4v) is 3.10. The van der Waals surface area contributed by atoms with Crippen LogP contribution in [0.25, 0.3) is 0 Å². The van der Waals surface area contributed by atoms with Crippen molar-refractivity contribution in [3.8, 4) is 0 Å². The zero-order valence-corrected chi connectivity index (χ0v) is 12.4. The molecule has 1 aromatic heterocycles. The number of H-pyrrole nitrogens is 1. The Bertz CT molecular complexity index is 596. The molecular formula is C12H16N2O5Se. The van der Waals surface area contributed by atoms with Crippen molar-refractivity contribution in [1.29, 1.82) is 0 Å². The molecule has 0 amide bonds. The van der Waals surface area contributed by atoms with Crippen molar-refractivity contribution in [3.05, 3.63) is 44.2 Å². The van der Waals surface area contributed by atoms with Gasteiger partial charge in [-0.25, -0.2) is 0 Å². The van der Waals surface area contributed by atoms with Crippen LogP contribution in [0.2, 0.25) is 0 Å². The minimum absolute atomic E-state index is 0.0823. The van der Waals surface area contributed by atoms with Gasteiger partial charge in [-0.1, -0.05) is 0 Å². The average Bonchev–Trinajstić information content (AvgIpc) is 2.79. The topological polar surface area (TPSA) is 105 Å². The Balaban J connectivity index is 2.30. The van der Waals surface area contributed by atoms with Gasteiger partial charge in [0, 0.05) is 0 Å². The van der Waals surface area contributed by atoms with Gasteiger partial charge in [0.25, 0.3) is 0 Å². The van der Waals surface area contributed by atoms with Crippen LogP contribution < -0.4 is 11.2 Å². The monoisotopic (exact) mass is 348 g/mol. The van der Waals surface area contributed by atoms with Crippen molar-refractivity contribution in [2.75, 3.05) is 6.61 Å². The zero-order chi connectivity index (χ0) is 14.7. The van der Waals surface area contributed by atoms with Crippen LogP contribution in [0.5, 0.6) is 0 Å². The first-order chi connectivity index (χ1) is 9.56. The third kappa shape index (κ3) is 3.10. The Morgan fingerprint density at radius 2 is 2.35 bits per heavy atom. The Kier molecular flexibility index (Phi) is 4.95. The van der Waals surface area contributed by atoms with Crippen LogP contribution in [0.3, 0.4) is 0 Å². The van der Waals surface area contributed by atoms with Crippen LogP contribution in [0.1, 0.15) is 18.2 Å². The molecule has 1 fully saturated rings. The first kappa shape index (κ1) is 15.2. The molecule has 2 heterocycles. The molecule has 1 aromatic rings. The summed E-state index contributed by atoms with van der Waals surface area (Å²) in [5, 5.41) is 19.3. The summed E-state index contributed by atoms with van der Waals surface area (Å²) >= 11 is 0.0823. The fraction of sp³-hybridized carbons (Fsp3) is 0.500. The molecule has 0 bridgehead atoms. The van der Waals surface area contributed by atoms with E-state index >= 15 is 0 Å². The molecule has 1 aliphatic heterocycles. The second-order valence-electron chi connectivity index (χ2n) is 4.41. The third-order valence-electron chi connectivity index (χ3n) is 3.09. The molecule has 0 radical (unpaired) electrons. The normalized spacial score (nSPS) is 25.8. The summed E-state index contributed by atoms with van der Waals surface area (Å²) in [5.74, 6) is 0. The average molecular weight is 347 g/mol. The number of hydrogen-bond donors (Lipinski definition) is 3. The van der Waals surface area contributed by atoms with Gasteiger partial charge in [0.05, 0.1) is 0 Å². The van der Waals surface area contributed by atoms with E-state index in [1.807, 2.05) is 0 Å². The summed E-state index contributed by atoms with van der Waals surface area (Å²) in [5.41, 5.74) is -0.511. The van der Waals surface area contributed by atoms with E-state index in [0.717, 1.165) is 0 Å². The van der Waals surface area contributed by atoms with E-state index in [9.17, 15) is 14.7 Å². The predicted octanol–water partition coefficient (Wildman–Crippen LogP) is -1.47. The Morgan fingerprint density at radius 1 is 1.60 bits per heavy atom. The van der Waals surface area contributed by atoms with Crippen LogP contribution in [0.15, 0.2) is 27.3 Å². The molecule has 3 atom stereocenters. The number of ether oxygens (including phenoxy) is 1. The molecule has 7 nitrogen and oxygen atoms in total. The molecule has 110 valence electrons. The van der Waals surface area contributed by atoms with E-state index in [2.05, 4.69) is 11.6 Å². The van der Waals surface area contributed by atoms with Crippen LogP contribution in [-0.2, 0) is 10.1 Å². The third-order valence-corrected chi connectivity index (χ3v) is 4.59. The van der Waals surface area contributed by atoms with Crippen LogP contribution in [0.4, 0.5) is 0 Å². The second kappa shape index (κ2) is 6.51. The van der Waals surface area contributed by atoms with E-state index in [1.165, 1.54) is 10.8 Å². The van der Waals surface area contributed by atoms with Gasteiger partial charge in [0.15, 0.2) is 0 Å². The molecule has 3 N–H and O–H groups in total. The van der Waals surface area contributed by atoms with Gasteiger partial charge in [-0.3, -0.25) is 0 Å². The number of rotatable bonds is 5. The van der Waals surface area contributed by atoms with Gasteiger partial charge in [0.2, 0.25) is 0 Å². The Labute approximate surface area is 121 Å². The summed E-state index contributed by atoms with van der Waals surface area (Å²) in [4.78, 5) is 27.5. The number of nitrogens with one attached hydrogen (secondary N) is 1. The fourth-order valence-electron chi connectivity index (χ4n) is 2.04.